The highest BCUT2D eigenvalue weighted by atomic mass is 19.3. The Morgan fingerprint density at radius 3 is 2.79 bits per heavy atom. The number of carbonyl (C=O) groups excluding carboxylic acids is 1. The number of alkyl halides is 2. The van der Waals surface area contributed by atoms with Gasteiger partial charge in [-0.3, -0.25) is 4.79 Å². The van der Waals surface area contributed by atoms with Gasteiger partial charge in [0.2, 0.25) is 11.6 Å². The quantitative estimate of drug-likeness (QED) is 0.486. The van der Waals surface area contributed by atoms with Crippen LogP contribution in [0.3, 0.4) is 0 Å². The number of amides is 1. The van der Waals surface area contributed by atoms with E-state index in [9.17, 15) is 13.6 Å². The van der Waals surface area contributed by atoms with Gasteiger partial charge in [-0.15, -0.1) is 0 Å². The molecule has 4 rings (SSSR count). The van der Waals surface area contributed by atoms with E-state index in [1.54, 1.807) is 12.3 Å². The molecule has 0 saturated carbocycles. The Hall–Kier alpha value is -3.89. The molecule has 34 heavy (non-hydrogen) atoms. The third-order valence-corrected chi connectivity index (χ3v) is 5.36. The van der Waals surface area contributed by atoms with Crippen LogP contribution in [-0.2, 0) is 0 Å². The number of nitrogens with two attached hydrogens (primary N) is 1. The molecule has 0 bridgehead atoms. The second kappa shape index (κ2) is 10.4. The Kier molecular flexibility index (Phi) is 7.09. The van der Waals surface area contributed by atoms with Gasteiger partial charge in [0.25, 0.3) is 18.3 Å². The van der Waals surface area contributed by atoms with Gasteiger partial charge in [-0.05, 0) is 30.7 Å². The molecule has 1 aliphatic heterocycles. The molecule has 0 radical (unpaired) electrons. The third-order valence-electron chi connectivity index (χ3n) is 5.36. The van der Waals surface area contributed by atoms with Crippen molar-refractivity contribution < 1.29 is 27.5 Å². The predicted molar refractivity (Wildman–Crippen MR) is 120 cm³/mol. The molecule has 1 aromatic carbocycles. The van der Waals surface area contributed by atoms with Gasteiger partial charge in [0.15, 0.2) is 6.61 Å². The number of hydrogen-bond acceptors (Lipinski definition) is 8. The Morgan fingerprint density at radius 1 is 1.29 bits per heavy atom. The van der Waals surface area contributed by atoms with Crippen molar-refractivity contribution in [3.05, 3.63) is 60.1 Å². The summed E-state index contributed by atoms with van der Waals surface area (Å²) in [4.78, 5) is 22.0. The van der Waals surface area contributed by atoms with Crippen LogP contribution in [0.1, 0.15) is 35.5 Å². The summed E-state index contributed by atoms with van der Waals surface area (Å²) in [6, 6.07) is 10.6. The van der Waals surface area contributed by atoms with Crippen molar-refractivity contribution in [3.63, 3.8) is 0 Å². The van der Waals surface area contributed by atoms with Crippen molar-refractivity contribution in [2.24, 2.45) is 0 Å². The zero-order valence-corrected chi connectivity index (χ0v) is 18.5. The van der Waals surface area contributed by atoms with E-state index in [4.69, 9.17) is 19.6 Å². The van der Waals surface area contributed by atoms with Crippen LogP contribution in [0.15, 0.2) is 53.2 Å². The second-order valence-corrected chi connectivity index (χ2v) is 7.86. The average Bonchev–Trinajstić information content (AvgIpc) is 3.47. The van der Waals surface area contributed by atoms with E-state index in [0.29, 0.717) is 12.3 Å². The molecule has 3 N–H and O–H groups in total. The van der Waals surface area contributed by atoms with Crippen LogP contribution in [-0.4, -0.2) is 48.1 Å². The number of carbonyl (C=O) groups is 1. The molecule has 1 amide bonds. The first kappa shape index (κ1) is 23.3. The average molecular weight is 473 g/mol. The molecule has 11 heteroatoms. The van der Waals surface area contributed by atoms with Crippen molar-refractivity contribution in [1.82, 2.24) is 15.3 Å². The smallest absolute Gasteiger partial charge is 0.292 e. The molecule has 2 atom stereocenters. The lowest BCUT2D eigenvalue weighted by molar-refractivity contribution is 0.0796. The van der Waals surface area contributed by atoms with Crippen LogP contribution < -0.4 is 25.4 Å². The zero-order chi connectivity index (χ0) is 24.1. The normalized spacial score (nSPS) is 16.5. The molecular weight excluding hydrogens is 448 g/mol. The number of rotatable bonds is 9. The summed E-state index contributed by atoms with van der Waals surface area (Å²) in [7, 11) is 0. The SMILES string of the molecule is C[C@H](NC(=O)c1cnc(N)o1)c1ccc(OC2CCN(c3ccnc(OCC(F)F)c3)C2)cc1. The van der Waals surface area contributed by atoms with Crippen LogP contribution in [0, 0.1) is 0 Å². The number of aromatic nitrogens is 2. The van der Waals surface area contributed by atoms with Crippen LogP contribution in [0.2, 0.25) is 0 Å². The summed E-state index contributed by atoms with van der Waals surface area (Å²) in [5, 5.41) is 2.83. The molecular formula is C23H25F2N5O4. The highest BCUT2D eigenvalue weighted by Gasteiger charge is 2.25. The van der Waals surface area contributed by atoms with Gasteiger partial charge < -0.3 is 29.8 Å². The largest absolute Gasteiger partial charge is 0.489 e. The molecule has 1 aliphatic rings. The van der Waals surface area contributed by atoms with Crippen LogP contribution in [0.5, 0.6) is 11.6 Å². The number of halogens is 2. The highest BCUT2D eigenvalue weighted by Crippen LogP contribution is 2.26. The summed E-state index contributed by atoms with van der Waals surface area (Å²) in [6.07, 6.45) is 1.05. The van der Waals surface area contributed by atoms with Gasteiger partial charge in [-0.2, -0.15) is 0 Å². The monoisotopic (exact) mass is 473 g/mol. The van der Waals surface area contributed by atoms with Gasteiger partial charge in [0.05, 0.1) is 18.8 Å². The standard InChI is InChI=1S/C23H25F2N5O4/c1-14(29-22(31)19-11-28-23(26)34-19)15-2-4-17(5-3-15)33-18-7-9-30(12-18)16-6-8-27-21(10-16)32-13-20(24)25/h2-6,8,10-11,14,18,20H,7,9,12-13H2,1H3,(H2,26,28)(H,29,31)/t14-,18?/m0/s1. The minimum Gasteiger partial charge on any atom is -0.489 e. The van der Waals surface area contributed by atoms with Crippen LogP contribution in [0.4, 0.5) is 20.5 Å². The number of benzene rings is 1. The van der Waals surface area contributed by atoms with E-state index in [2.05, 4.69) is 20.2 Å². The van der Waals surface area contributed by atoms with Crippen molar-refractivity contribution in [2.45, 2.75) is 31.9 Å². The van der Waals surface area contributed by atoms with Gasteiger partial charge >= 0.3 is 0 Å². The van der Waals surface area contributed by atoms with Gasteiger partial charge in [-0.1, -0.05) is 12.1 Å². The topological polar surface area (TPSA) is 116 Å². The summed E-state index contributed by atoms with van der Waals surface area (Å²) in [5.74, 6) is 0.539. The number of pyridine rings is 1. The number of nitrogen functional groups attached to an aromatic ring is 1. The first-order valence-corrected chi connectivity index (χ1v) is 10.8. The van der Waals surface area contributed by atoms with Crippen molar-refractivity contribution in [1.29, 1.82) is 0 Å². The number of oxazole rings is 1. The van der Waals surface area contributed by atoms with Crippen molar-refractivity contribution >= 4 is 17.6 Å². The van der Waals surface area contributed by atoms with E-state index < -0.39 is 18.9 Å². The molecule has 180 valence electrons. The molecule has 9 nitrogen and oxygen atoms in total. The predicted octanol–water partition coefficient (Wildman–Crippen LogP) is 3.44. The maximum absolute atomic E-state index is 12.4. The number of ether oxygens (including phenoxy) is 2. The third kappa shape index (κ3) is 5.91. The molecule has 3 aromatic rings. The molecule has 0 aliphatic carbocycles. The van der Waals surface area contributed by atoms with Gasteiger partial charge in [-0.25, -0.2) is 18.7 Å². The zero-order valence-electron chi connectivity index (χ0n) is 18.5. The molecule has 1 fully saturated rings. The van der Waals surface area contributed by atoms with E-state index in [0.717, 1.165) is 24.2 Å². The first-order chi connectivity index (χ1) is 16.4. The molecule has 1 saturated heterocycles. The number of nitrogens with zero attached hydrogens (tertiary/aromatic N) is 3. The number of anilines is 2. The highest BCUT2D eigenvalue weighted by molar-refractivity contribution is 5.91. The van der Waals surface area contributed by atoms with Gasteiger partial charge in [0.1, 0.15) is 11.9 Å². The summed E-state index contributed by atoms with van der Waals surface area (Å²) >= 11 is 0. The van der Waals surface area contributed by atoms with Crippen molar-refractivity contribution in [2.75, 3.05) is 30.3 Å². The van der Waals surface area contributed by atoms with E-state index in [1.165, 1.54) is 6.20 Å². The van der Waals surface area contributed by atoms with E-state index in [-0.39, 0.29) is 29.8 Å². The minimum atomic E-state index is -2.55. The Morgan fingerprint density at radius 2 is 2.09 bits per heavy atom. The fourth-order valence-electron chi connectivity index (χ4n) is 3.65. The lowest BCUT2D eigenvalue weighted by Gasteiger charge is -2.20. The Bertz CT molecular complexity index is 1110. The molecule has 3 heterocycles. The summed E-state index contributed by atoms with van der Waals surface area (Å²) < 4.78 is 40.9. The van der Waals surface area contributed by atoms with Crippen LogP contribution in [0.25, 0.3) is 0 Å². The maximum Gasteiger partial charge on any atom is 0.292 e. The lowest BCUT2D eigenvalue weighted by Crippen LogP contribution is -2.26. The Labute approximate surface area is 194 Å². The van der Waals surface area contributed by atoms with Crippen molar-refractivity contribution in [3.8, 4) is 11.6 Å². The van der Waals surface area contributed by atoms with Crippen LogP contribution >= 0.6 is 0 Å². The minimum absolute atomic E-state index is 0.0292. The molecule has 2 aromatic heterocycles. The van der Waals surface area contributed by atoms with E-state index >= 15 is 0 Å². The van der Waals surface area contributed by atoms with E-state index in [1.807, 2.05) is 37.3 Å². The van der Waals surface area contributed by atoms with Gasteiger partial charge in [0, 0.05) is 30.9 Å². The second-order valence-electron chi connectivity index (χ2n) is 7.86. The fourth-order valence-corrected chi connectivity index (χ4v) is 3.65. The summed E-state index contributed by atoms with van der Waals surface area (Å²) in [6.45, 7) is 2.58. The lowest BCUT2D eigenvalue weighted by atomic mass is 10.1. The number of nitrogens with one attached hydrogen (secondary N) is 1. The maximum atomic E-state index is 12.4. The fraction of sp³-hybridized carbons (Fsp3) is 0.348. The summed E-state index contributed by atoms with van der Waals surface area (Å²) in [5.41, 5.74) is 7.15. The molecule has 1 unspecified atom stereocenters. The molecule has 0 spiro atoms. The number of hydrogen-bond donors (Lipinski definition) is 2. The Balaban J connectivity index is 1.29. The first-order valence-electron chi connectivity index (χ1n) is 10.8.